The Morgan fingerprint density at radius 2 is 1.29 bits per heavy atom. The first-order valence-corrected chi connectivity index (χ1v) is 22.9. The van der Waals surface area contributed by atoms with Gasteiger partial charge in [-0.1, -0.05) is 32.6 Å². The van der Waals surface area contributed by atoms with Gasteiger partial charge in [-0.2, -0.15) is 6.42 Å². The number of ether oxygens (including phenoxy) is 7. The maximum absolute atomic E-state index is 13.0. The van der Waals surface area contributed by atoms with Gasteiger partial charge in [0.2, 0.25) is 0 Å². The van der Waals surface area contributed by atoms with E-state index in [-0.39, 0.29) is 48.9 Å². The van der Waals surface area contributed by atoms with Gasteiger partial charge in [-0.05, 0) is 156 Å². The number of esters is 1. The topological polar surface area (TPSA) is 119 Å². The molecule has 1 N–H and O–H groups in total. The van der Waals surface area contributed by atoms with Crippen molar-refractivity contribution in [2.24, 2.45) is 35.5 Å². The van der Waals surface area contributed by atoms with Gasteiger partial charge in [0.05, 0.1) is 50.5 Å². The van der Waals surface area contributed by atoms with E-state index in [2.05, 4.69) is 32.6 Å². The zero-order valence-corrected chi connectivity index (χ0v) is 41.5. The van der Waals surface area contributed by atoms with Crippen molar-refractivity contribution in [3.63, 3.8) is 0 Å². The molecule has 0 amide bonds. The normalized spacial score (nSPS) is 22.0. The van der Waals surface area contributed by atoms with E-state index in [1.807, 2.05) is 48.5 Å². The van der Waals surface area contributed by atoms with E-state index < -0.39 is 6.29 Å². The summed E-state index contributed by atoms with van der Waals surface area (Å²) < 4.78 is 41.4. The second kappa shape index (κ2) is 26.2. The predicted octanol–water partition coefficient (Wildman–Crippen LogP) is 10.9. The Morgan fingerprint density at radius 3 is 1.87 bits per heavy atom. The number of ketones is 1. The van der Waals surface area contributed by atoms with Gasteiger partial charge >= 0.3 is 5.97 Å². The molecule has 0 aromatic heterocycles. The number of carbonyl (C=O) groups excluding carboxylic acids is 2. The smallest absolute Gasteiger partial charge is 0.314 e. The molecule has 0 radical (unpaired) electrons. The number of benzene rings is 3. The van der Waals surface area contributed by atoms with Crippen LogP contribution in [0, 0.1) is 73.0 Å². The Balaban J connectivity index is 0.00000748. The summed E-state index contributed by atoms with van der Waals surface area (Å²) in [6, 6.07) is 21.0. The minimum Gasteiger partial charge on any atom is -0.550 e. The average Bonchev–Trinajstić information content (AvgIpc) is 4.08. The van der Waals surface area contributed by atoms with E-state index in [0.29, 0.717) is 74.7 Å². The molecular formula is C52H67O10U-. The number of allylic oxidation sites excluding steroid dienone is 1. The van der Waals surface area contributed by atoms with Crippen molar-refractivity contribution >= 4 is 11.8 Å². The van der Waals surface area contributed by atoms with Crippen molar-refractivity contribution < 1.29 is 79.0 Å². The molecule has 0 heterocycles. The average molecular weight is 1090 g/mol. The first kappa shape index (κ1) is 50.1. The fraction of sp³-hybridized carbons (Fsp3) is 0.519. The van der Waals surface area contributed by atoms with Crippen molar-refractivity contribution in [2.45, 2.75) is 104 Å². The maximum Gasteiger partial charge on any atom is 0.314 e. The minimum atomic E-state index is -0.944. The Hall–Kier alpha value is -3.88. The third-order valence-electron chi connectivity index (χ3n) is 12.4. The molecule has 3 aliphatic carbocycles. The Labute approximate surface area is 398 Å². The molecule has 6 rings (SSSR count). The van der Waals surface area contributed by atoms with Crippen molar-refractivity contribution in [1.82, 2.24) is 0 Å². The third kappa shape index (κ3) is 16.6. The van der Waals surface area contributed by atoms with E-state index >= 15 is 0 Å². The largest absolute Gasteiger partial charge is 0.550 e. The number of hydrogen-bond donors (Lipinski definition) is 1. The molecule has 3 unspecified atom stereocenters. The van der Waals surface area contributed by atoms with Crippen molar-refractivity contribution in [3.05, 3.63) is 104 Å². The molecule has 10 nitrogen and oxygen atoms in total. The van der Waals surface area contributed by atoms with Crippen LogP contribution in [-0.2, 0) is 14.3 Å². The molecule has 3 saturated carbocycles. The van der Waals surface area contributed by atoms with Crippen LogP contribution in [0.25, 0.3) is 0 Å². The standard InChI is InChI=1S/C52H67O10.U/c1-5-9-43-32-48(59-34-38-11-15-40(16-12-38)37(4)61-46-23-19-45(20-24-46)57-30-8-31-58-51(54)6-2)27-28-50(43)60-35-39-13-17-41(18-14-39)52(55)62-47-25-21-44(22-26-47)56-29-7-10-42-33-49(42)36(3)53;/h6,9,19-28,32,38-42,49,51,54H,2,4-5,7-8,10-18,29-31,33-35H2,1,3H3;/q-1;. The quantitative estimate of drug-likeness (QED) is 0.0158. The predicted molar refractivity (Wildman–Crippen MR) is 240 cm³/mol. The van der Waals surface area contributed by atoms with Crippen LogP contribution < -0.4 is 28.4 Å². The second-order valence-corrected chi connectivity index (χ2v) is 17.2. The van der Waals surface area contributed by atoms with Crippen LogP contribution in [0.5, 0.6) is 34.5 Å². The van der Waals surface area contributed by atoms with Crippen molar-refractivity contribution in [3.8, 4) is 34.5 Å². The monoisotopic (exact) mass is 1090 g/mol. The Morgan fingerprint density at radius 1 is 0.730 bits per heavy atom. The fourth-order valence-corrected chi connectivity index (χ4v) is 8.53. The van der Waals surface area contributed by atoms with Gasteiger partial charge in [0.1, 0.15) is 28.8 Å². The van der Waals surface area contributed by atoms with Crippen LogP contribution in [0.1, 0.15) is 103 Å². The van der Waals surface area contributed by atoms with Gasteiger partial charge in [0.25, 0.3) is 0 Å². The number of Topliss-reactive ketones (excluding diaryl/α,β-unsaturated/α-hetero) is 1. The summed E-state index contributed by atoms with van der Waals surface area (Å²) in [6.45, 7) is 14.3. The Kier molecular flexibility index (Phi) is 20.8. The van der Waals surface area contributed by atoms with Crippen molar-refractivity contribution in [2.75, 3.05) is 33.0 Å². The van der Waals surface area contributed by atoms with Gasteiger partial charge < -0.3 is 38.3 Å². The minimum absolute atomic E-state index is 0. The summed E-state index contributed by atoms with van der Waals surface area (Å²) in [6.07, 6.45) is 14.6. The van der Waals surface area contributed by atoms with Crippen LogP contribution in [0.3, 0.4) is 0 Å². The zero-order valence-electron chi connectivity index (χ0n) is 37.3. The molecule has 0 aliphatic heterocycles. The molecular weight excluding hydrogens is 1020 g/mol. The van der Waals surface area contributed by atoms with E-state index in [1.165, 1.54) is 6.08 Å². The third-order valence-corrected chi connectivity index (χ3v) is 12.4. The van der Waals surface area contributed by atoms with Gasteiger partial charge in [0.15, 0.2) is 6.29 Å². The zero-order chi connectivity index (χ0) is 43.7. The molecule has 3 atom stereocenters. The summed E-state index contributed by atoms with van der Waals surface area (Å²) in [5.41, 5.74) is 1.05. The van der Waals surface area contributed by atoms with Gasteiger partial charge in [-0.3, -0.25) is 9.59 Å². The maximum atomic E-state index is 13.0. The molecule has 340 valence electrons. The summed E-state index contributed by atoms with van der Waals surface area (Å²) in [7, 11) is 0. The first-order valence-electron chi connectivity index (χ1n) is 22.9. The molecule has 63 heavy (non-hydrogen) atoms. The molecule has 11 heteroatoms. The van der Waals surface area contributed by atoms with Gasteiger partial charge in [-0.15, -0.1) is 11.6 Å². The van der Waals surface area contributed by atoms with Crippen LogP contribution in [0.2, 0.25) is 0 Å². The fourth-order valence-electron chi connectivity index (χ4n) is 8.53. The molecule has 0 bridgehead atoms. The summed E-state index contributed by atoms with van der Waals surface area (Å²) in [5.74, 6) is 7.29. The molecule has 3 aromatic rings. The summed E-state index contributed by atoms with van der Waals surface area (Å²) in [4.78, 5) is 24.5. The summed E-state index contributed by atoms with van der Waals surface area (Å²) in [5, 5.41) is 9.37. The second-order valence-electron chi connectivity index (χ2n) is 17.2. The molecule has 3 aliphatic rings. The van der Waals surface area contributed by atoms with Crippen LogP contribution >= 0.6 is 0 Å². The van der Waals surface area contributed by atoms with Crippen LogP contribution in [0.4, 0.5) is 0 Å². The van der Waals surface area contributed by atoms with Crippen molar-refractivity contribution in [1.29, 1.82) is 0 Å². The molecule has 0 saturated heterocycles. The van der Waals surface area contributed by atoms with E-state index in [9.17, 15) is 14.7 Å². The van der Waals surface area contributed by atoms with E-state index in [0.717, 1.165) is 117 Å². The summed E-state index contributed by atoms with van der Waals surface area (Å²) >= 11 is 0. The van der Waals surface area contributed by atoms with Gasteiger partial charge in [0, 0.05) is 55.1 Å². The molecule has 0 spiro atoms. The molecule has 3 aromatic carbocycles. The number of hydrogen-bond acceptors (Lipinski definition) is 10. The first-order chi connectivity index (χ1) is 30.2. The molecule has 3 fully saturated rings. The number of aliphatic hydroxyl groups excluding tert-OH is 1. The van der Waals surface area contributed by atoms with Crippen LogP contribution in [-0.4, -0.2) is 56.2 Å². The van der Waals surface area contributed by atoms with Gasteiger partial charge in [-0.25, -0.2) is 0 Å². The number of carbonyl (C=O) groups is 2. The number of aliphatic hydroxyl groups is 1. The SMILES string of the molecule is C=CC(O)OCCCOc1ccc(OC(=C)C2CCC(COc3ccc(OCC4CCC(C(=O)Oc5ccc(OCCCC6CC6C(C)=O)cc5)CC4)c([CH-]CC)c3)CC2)cc1.[U]. The van der Waals surface area contributed by atoms with E-state index in [1.54, 1.807) is 19.1 Å². The number of rotatable bonds is 26. The van der Waals surface area contributed by atoms with Crippen LogP contribution in [0.15, 0.2) is 91.7 Å². The Bertz CT molecular complexity index is 1860. The van der Waals surface area contributed by atoms with E-state index in [4.69, 9.17) is 33.2 Å².